The van der Waals surface area contributed by atoms with Crippen molar-refractivity contribution in [3.8, 4) is 0 Å². The van der Waals surface area contributed by atoms with Gasteiger partial charge in [-0.3, -0.25) is 9.78 Å². The number of rotatable bonds is 1. The summed E-state index contributed by atoms with van der Waals surface area (Å²) < 4.78 is 12.7. The molecule has 0 saturated heterocycles. The molecule has 0 fully saturated rings. The third-order valence-corrected chi connectivity index (χ3v) is 1.44. The molecule has 0 bridgehead atoms. The predicted molar refractivity (Wildman–Crippen MR) is 43.9 cm³/mol. The molecule has 4 nitrogen and oxygen atoms in total. The molecule has 0 aliphatic rings. The number of H-pyrrole nitrogens is 1. The number of anilines is 1. The fraction of sp³-hybridized carbons (Fsp3) is 0.429. The van der Waals surface area contributed by atoms with Crippen LogP contribution in [0.25, 0.3) is 0 Å². The van der Waals surface area contributed by atoms with E-state index in [-0.39, 0.29) is 5.69 Å². The van der Waals surface area contributed by atoms with Crippen molar-refractivity contribution in [2.45, 2.75) is 6.92 Å². The Bertz CT molecular complexity index is 345. The number of aryl methyl sites for hydroxylation is 1. The van der Waals surface area contributed by atoms with Crippen molar-refractivity contribution in [1.82, 2.24) is 9.97 Å². The van der Waals surface area contributed by atoms with Crippen molar-refractivity contribution in [1.29, 1.82) is 0 Å². The fourth-order valence-corrected chi connectivity index (χ4v) is 0.768. The number of hydrogen-bond acceptors (Lipinski definition) is 3. The third kappa shape index (κ3) is 1.44. The minimum absolute atomic E-state index is 0.113. The van der Waals surface area contributed by atoms with Crippen LogP contribution in [0.4, 0.5) is 10.3 Å². The Hall–Kier alpha value is -1.39. The van der Waals surface area contributed by atoms with E-state index >= 15 is 0 Å². The Labute approximate surface area is 69.1 Å². The zero-order valence-electron chi connectivity index (χ0n) is 7.18. The molecule has 0 radical (unpaired) electrons. The number of halogens is 1. The lowest BCUT2D eigenvalue weighted by Gasteiger charge is -2.10. The third-order valence-electron chi connectivity index (χ3n) is 1.44. The molecule has 1 aromatic rings. The summed E-state index contributed by atoms with van der Waals surface area (Å²) >= 11 is 0. The van der Waals surface area contributed by atoms with Crippen LogP contribution in [0.5, 0.6) is 0 Å². The molecule has 1 aromatic heterocycles. The van der Waals surface area contributed by atoms with Gasteiger partial charge in [0.15, 0.2) is 0 Å². The maximum absolute atomic E-state index is 12.7. The normalized spacial score (nSPS) is 10.0. The second-order valence-corrected chi connectivity index (χ2v) is 2.68. The van der Waals surface area contributed by atoms with Gasteiger partial charge in [0.05, 0.1) is 5.69 Å². The van der Waals surface area contributed by atoms with Gasteiger partial charge < -0.3 is 4.90 Å². The molecule has 0 amide bonds. The topological polar surface area (TPSA) is 49.0 Å². The smallest absolute Gasteiger partial charge is 0.288 e. The van der Waals surface area contributed by atoms with Gasteiger partial charge >= 0.3 is 0 Å². The van der Waals surface area contributed by atoms with Crippen LogP contribution >= 0.6 is 0 Å². The molecule has 5 heteroatoms. The Balaban J connectivity index is 3.31. The van der Waals surface area contributed by atoms with Gasteiger partial charge in [-0.25, -0.2) is 4.98 Å². The van der Waals surface area contributed by atoms with Crippen LogP contribution in [0.15, 0.2) is 4.79 Å². The average Bonchev–Trinajstić information content (AvgIpc) is 1.99. The lowest BCUT2D eigenvalue weighted by molar-refractivity contribution is 0.588. The highest BCUT2D eigenvalue weighted by molar-refractivity contribution is 5.27. The number of hydrogen-bond donors (Lipinski definition) is 1. The average molecular weight is 171 g/mol. The summed E-state index contributed by atoms with van der Waals surface area (Å²) in [6, 6.07) is 0. The summed E-state index contributed by atoms with van der Waals surface area (Å²) in [5, 5.41) is 0. The molecule has 0 aromatic carbocycles. The van der Waals surface area contributed by atoms with Crippen LogP contribution < -0.4 is 10.5 Å². The highest BCUT2D eigenvalue weighted by Gasteiger charge is 2.07. The number of aromatic nitrogens is 2. The maximum atomic E-state index is 12.7. The standard InChI is InChI=1S/C7H10FN3O/c1-4-5(8)6(12)10-7(9-4)11(2)3/h1-3H3,(H,9,10,12). The molecule has 66 valence electrons. The molecule has 0 saturated carbocycles. The van der Waals surface area contributed by atoms with Crippen LogP contribution in [-0.2, 0) is 0 Å². The lowest BCUT2D eigenvalue weighted by atomic mass is 10.4. The summed E-state index contributed by atoms with van der Waals surface area (Å²) in [5.41, 5.74) is -0.617. The van der Waals surface area contributed by atoms with Crippen LogP contribution in [0, 0.1) is 12.7 Å². The first kappa shape index (κ1) is 8.70. The summed E-state index contributed by atoms with van der Waals surface area (Å²) in [4.78, 5) is 18.6. The molecule has 1 rings (SSSR count). The molecule has 1 heterocycles. The maximum Gasteiger partial charge on any atom is 0.288 e. The van der Waals surface area contributed by atoms with Gasteiger partial charge in [-0.15, -0.1) is 0 Å². The number of nitrogens with one attached hydrogen (secondary N) is 1. The molecule has 0 aliphatic heterocycles. The minimum atomic E-state index is -0.819. The summed E-state index contributed by atoms with van der Waals surface area (Å²) in [6.45, 7) is 1.46. The first-order valence-electron chi connectivity index (χ1n) is 3.46. The quantitative estimate of drug-likeness (QED) is 0.660. The number of aromatic amines is 1. The largest absolute Gasteiger partial charge is 0.348 e. The molecule has 1 N–H and O–H groups in total. The van der Waals surface area contributed by atoms with Crippen molar-refractivity contribution in [2.75, 3.05) is 19.0 Å². The first-order valence-corrected chi connectivity index (χ1v) is 3.46. The van der Waals surface area contributed by atoms with E-state index in [4.69, 9.17) is 0 Å². The van der Waals surface area contributed by atoms with Crippen LogP contribution in [0.2, 0.25) is 0 Å². The Kier molecular flexibility index (Phi) is 2.12. The minimum Gasteiger partial charge on any atom is -0.348 e. The van der Waals surface area contributed by atoms with E-state index in [2.05, 4.69) is 9.97 Å². The predicted octanol–water partition coefficient (Wildman–Crippen LogP) is 0.283. The molecule has 0 spiro atoms. The fourth-order valence-electron chi connectivity index (χ4n) is 0.768. The summed E-state index contributed by atoms with van der Waals surface area (Å²) in [5.74, 6) is -0.459. The summed E-state index contributed by atoms with van der Waals surface area (Å²) in [6.07, 6.45) is 0. The highest BCUT2D eigenvalue weighted by atomic mass is 19.1. The summed E-state index contributed by atoms with van der Waals surface area (Å²) in [7, 11) is 3.44. The zero-order chi connectivity index (χ0) is 9.30. The van der Waals surface area contributed by atoms with E-state index in [1.807, 2.05) is 0 Å². The van der Waals surface area contributed by atoms with E-state index in [0.717, 1.165) is 0 Å². The molecule has 0 atom stereocenters. The van der Waals surface area contributed by atoms with E-state index < -0.39 is 11.4 Å². The van der Waals surface area contributed by atoms with Crippen molar-refractivity contribution in [3.63, 3.8) is 0 Å². The van der Waals surface area contributed by atoms with Gasteiger partial charge in [0, 0.05) is 14.1 Å². The van der Waals surface area contributed by atoms with Crippen molar-refractivity contribution in [2.24, 2.45) is 0 Å². The van der Waals surface area contributed by atoms with E-state index in [0.29, 0.717) is 5.95 Å². The molecule has 0 aliphatic carbocycles. The van der Waals surface area contributed by atoms with E-state index in [9.17, 15) is 9.18 Å². The molecular weight excluding hydrogens is 161 g/mol. The van der Waals surface area contributed by atoms with Crippen molar-refractivity contribution >= 4 is 5.95 Å². The van der Waals surface area contributed by atoms with E-state index in [1.54, 1.807) is 19.0 Å². The SMILES string of the molecule is Cc1nc(N(C)C)[nH]c(=O)c1F. The molecule has 12 heavy (non-hydrogen) atoms. The van der Waals surface area contributed by atoms with Gasteiger partial charge in [-0.05, 0) is 6.92 Å². The van der Waals surface area contributed by atoms with Gasteiger partial charge in [0.25, 0.3) is 5.56 Å². The Morgan fingerprint density at radius 1 is 1.50 bits per heavy atom. The van der Waals surface area contributed by atoms with Gasteiger partial charge in [0.2, 0.25) is 11.8 Å². The van der Waals surface area contributed by atoms with Crippen LogP contribution in [0.1, 0.15) is 5.69 Å². The lowest BCUT2D eigenvalue weighted by Crippen LogP contribution is -2.21. The monoisotopic (exact) mass is 171 g/mol. The Morgan fingerprint density at radius 2 is 2.08 bits per heavy atom. The van der Waals surface area contributed by atoms with Crippen molar-refractivity contribution in [3.05, 3.63) is 21.9 Å². The Morgan fingerprint density at radius 3 is 2.50 bits per heavy atom. The highest BCUT2D eigenvalue weighted by Crippen LogP contribution is 2.02. The zero-order valence-corrected chi connectivity index (χ0v) is 7.18. The van der Waals surface area contributed by atoms with Gasteiger partial charge in [0.1, 0.15) is 0 Å². The van der Waals surface area contributed by atoms with Crippen LogP contribution in [-0.4, -0.2) is 24.1 Å². The van der Waals surface area contributed by atoms with Crippen molar-refractivity contribution < 1.29 is 4.39 Å². The second kappa shape index (κ2) is 2.92. The van der Waals surface area contributed by atoms with Gasteiger partial charge in [-0.1, -0.05) is 0 Å². The van der Waals surface area contributed by atoms with E-state index in [1.165, 1.54) is 6.92 Å². The van der Waals surface area contributed by atoms with Gasteiger partial charge in [-0.2, -0.15) is 4.39 Å². The molecule has 0 unspecified atom stereocenters. The molecular formula is C7H10FN3O. The second-order valence-electron chi connectivity index (χ2n) is 2.68. The number of nitrogens with zero attached hydrogens (tertiary/aromatic N) is 2. The van der Waals surface area contributed by atoms with Crippen LogP contribution in [0.3, 0.4) is 0 Å². The first-order chi connectivity index (χ1) is 5.52.